The summed E-state index contributed by atoms with van der Waals surface area (Å²) in [4.78, 5) is 17.0. The van der Waals surface area contributed by atoms with Gasteiger partial charge in [0.2, 0.25) is 10.0 Å². The summed E-state index contributed by atoms with van der Waals surface area (Å²) < 4.78 is 33.9. The predicted molar refractivity (Wildman–Crippen MR) is 126 cm³/mol. The number of nitrogens with zero attached hydrogens (tertiary/aromatic N) is 4. The first-order valence-electron chi connectivity index (χ1n) is 10.4. The number of aryl methyl sites for hydroxylation is 1. The highest BCUT2D eigenvalue weighted by atomic mass is 32.2. The molecule has 1 aliphatic heterocycles. The van der Waals surface area contributed by atoms with Gasteiger partial charge in [-0.05, 0) is 30.7 Å². The molecule has 4 rings (SSSR count). The van der Waals surface area contributed by atoms with Gasteiger partial charge in [-0.3, -0.25) is 4.79 Å². The van der Waals surface area contributed by atoms with E-state index in [4.69, 9.17) is 9.40 Å². The van der Waals surface area contributed by atoms with E-state index in [1.54, 1.807) is 6.26 Å². The molecule has 170 valence electrons. The van der Waals surface area contributed by atoms with E-state index in [0.717, 1.165) is 46.3 Å². The minimum Gasteiger partial charge on any atom is -0.461 e. The highest BCUT2D eigenvalue weighted by molar-refractivity contribution is 8.14. The molecule has 0 saturated carbocycles. The van der Waals surface area contributed by atoms with Crippen molar-refractivity contribution >= 4 is 43.8 Å². The van der Waals surface area contributed by atoms with E-state index in [-0.39, 0.29) is 24.1 Å². The van der Waals surface area contributed by atoms with Crippen molar-refractivity contribution in [3.05, 3.63) is 42.2 Å². The maximum absolute atomic E-state index is 12.3. The number of unbranched alkanes of at least 4 members (excludes halogenated alkanes) is 1. The highest BCUT2D eigenvalue weighted by Gasteiger charge is 2.23. The van der Waals surface area contributed by atoms with Crippen LogP contribution < -0.4 is 4.72 Å². The number of fused-ring (bicyclic) bond motifs is 1. The molecule has 11 heteroatoms. The van der Waals surface area contributed by atoms with Gasteiger partial charge >= 0.3 is 5.24 Å². The third-order valence-corrected chi connectivity index (χ3v) is 7.50. The smallest absolute Gasteiger partial charge is 0.302 e. The number of carbonyl (C=O) groups is 1. The second-order valence-corrected chi connectivity index (χ2v) is 10.3. The summed E-state index contributed by atoms with van der Waals surface area (Å²) >= 11 is 1.15. The molecule has 0 unspecified atom stereocenters. The molecule has 32 heavy (non-hydrogen) atoms. The van der Waals surface area contributed by atoms with Crippen LogP contribution in [0.3, 0.4) is 0 Å². The molecule has 0 spiro atoms. The van der Waals surface area contributed by atoms with Crippen LogP contribution in [0.1, 0.15) is 25.3 Å². The Morgan fingerprint density at radius 2 is 2.12 bits per heavy atom. The fourth-order valence-corrected chi connectivity index (χ4v) is 5.40. The Bertz CT molecular complexity index is 1250. The fraction of sp³-hybridized carbons (Fsp3) is 0.381. The molecule has 0 fully saturated rings. The lowest BCUT2D eigenvalue weighted by Crippen LogP contribution is -2.37. The summed E-state index contributed by atoms with van der Waals surface area (Å²) in [5, 5.41) is 5.62. The molecular weight excluding hydrogens is 450 g/mol. The van der Waals surface area contributed by atoms with Gasteiger partial charge in [-0.15, -0.1) is 0 Å². The van der Waals surface area contributed by atoms with Crippen LogP contribution in [0.5, 0.6) is 0 Å². The maximum atomic E-state index is 12.3. The second-order valence-electron chi connectivity index (χ2n) is 7.47. The van der Waals surface area contributed by atoms with Crippen LogP contribution in [-0.2, 0) is 17.1 Å². The zero-order valence-electron chi connectivity index (χ0n) is 17.9. The summed E-state index contributed by atoms with van der Waals surface area (Å²) in [7, 11) is -1.40. The Kier molecular flexibility index (Phi) is 6.68. The van der Waals surface area contributed by atoms with E-state index in [1.807, 2.05) is 48.9 Å². The van der Waals surface area contributed by atoms with Gasteiger partial charge in [0.05, 0.1) is 35.3 Å². The number of rotatable bonds is 9. The van der Waals surface area contributed by atoms with E-state index in [9.17, 15) is 13.2 Å². The number of nitrogens with one attached hydrogen (secondary N) is 1. The Morgan fingerprint density at radius 1 is 1.28 bits per heavy atom. The number of thioether (sulfide) groups is 1. The molecule has 1 aromatic carbocycles. The number of amides is 1. The monoisotopic (exact) mass is 475 g/mol. The van der Waals surface area contributed by atoms with Crippen molar-refractivity contribution < 1.29 is 17.6 Å². The third-order valence-electron chi connectivity index (χ3n) is 5.15. The Balaban J connectivity index is 1.51. The number of furan rings is 1. The second kappa shape index (κ2) is 9.47. The molecule has 0 aliphatic carbocycles. The minimum absolute atomic E-state index is 0.0881. The van der Waals surface area contributed by atoms with Gasteiger partial charge in [0.25, 0.3) is 0 Å². The van der Waals surface area contributed by atoms with Crippen LogP contribution in [-0.4, -0.2) is 58.5 Å². The normalized spacial score (nSPS) is 14.9. The average Bonchev–Trinajstić information content (AvgIpc) is 3.41. The summed E-state index contributed by atoms with van der Waals surface area (Å²) in [6, 6.07) is 9.56. The van der Waals surface area contributed by atoms with Crippen molar-refractivity contribution in [2.75, 3.05) is 24.6 Å². The molecular formula is C21H25N5O4S2. The maximum Gasteiger partial charge on any atom is 0.302 e. The lowest BCUT2D eigenvalue weighted by molar-refractivity contribution is 0.225. The van der Waals surface area contributed by atoms with Crippen molar-refractivity contribution in [3.8, 4) is 11.6 Å². The van der Waals surface area contributed by atoms with Crippen molar-refractivity contribution in [2.45, 2.75) is 19.8 Å². The van der Waals surface area contributed by atoms with E-state index in [1.165, 1.54) is 5.01 Å². The summed E-state index contributed by atoms with van der Waals surface area (Å²) in [5.41, 5.74) is 3.38. The Hall–Kier alpha value is -2.63. The number of imidazole rings is 1. The van der Waals surface area contributed by atoms with Gasteiger partial charge in [-0.2, -0.15) is 5.10 Å². The first-order valence-corrected chi connectivity index (χ1v) is 13.0. The van der Waals surface area contributed by atoms with Crippen LogP contribution >= 0.6 is 11.8 Å². The van der Waals surface area contributed by atoms with Gasteiger partial charge in [-0.25, -0.2) is 23.1 Å². The van der Waals surface area contributed by atoms with Gasteiger partial charge in [0, 0.05) is 24.9 Å². The average molecular weight is 476 g/mol. The highest BCUT2D eigenvalue weighted by Crippen LogP contribution is 2.26. The van der Waals surface area contributed by atoms with E-state index < -0.39 is 10.0 Å². The molecule has 3 heterocycles. The van der Waals surface area contributed by atoms with Crippen LogP contribution in [0.25, 0.3) is 22.6 Å². The van der Waals surface area contributed by atoms with Crippen LogP contribution in [0.15, 0.2) is 46.1 Å². The number of benzene rings is 1. The van der Waals surface area contributed by atoms with Crippen LogP contribution in [0.4, 0.5) is 4.79 Å². The van der Waals surface area contributed by atoms with Gasteiger partial charge < -0.3 is 8.98 Å². The van der Waals surface area contributed by atoms with Crippen LogP contribution in [0.2, 0.25) is 0 Å². The number of sulfonamides is 1. The molecule has 9 nitrogen and oxygen atoms in total. The lowest BCUT2D eigenvalue weighted by Gasteiger charge is -2.23. The SMILES string of the molecule is CCCCS(=O)(=O)NCCN1N=C(c2ccc3c(c2)nc(-c2ccco2)n3C)CSC1=O. The standard InChI is InChI=1S/C21H25N5O4S2/c1-3-4-12-32(28,29)22-9-10-26-21(27)31-14-17(24-26)15-7-8-18-16(13-15)23-20(25(18)2)19-6-5-11-30-19/h5-8,11,13,22H,3-4,9-10,12,14H2,1-2H3. The van der Waals surface area contributed by atoms with Gasteiger partial charge in [0.1, 0.15) is 0 Å². The predicted octanol–water partition coefficient (Wildman–Crippen LogP) is 3.43. The van der Waals surface area contributed by atoms with E-state index >= 15 is 0 Å². The minimum atomic E-state index is -3.33. The fourth-order valence-electron chi connectivity index (χ4n) is 3.42. The summed E-state index contributed by atoms with van der Waals surface area (Å²) in [6.07, 6.45) is 3.02. The largest absolute Gasteiger partial charge is 0.461 e. The molecule has 0 bridgehead atoms. The van der Waals surface area contributed by atoms with Gasteiger partial charge in [-0.1, -0.05) is 31.2 Å². The van der Waals surface area contributed by atoms with Gasteiger partial charge in [0.15, 0.2) is 11.6 Å². The molecule has 0 saturated heterocycles. The van der Waals surface area contributed by atoms with Crippen LogP contribution in [0, 0.1) is 0 Å². The first kappa shape index (κ1) is 22.6. The Morgan fingerprint density at radius 3 is 2.88 bits per heavy atom. The topological polar surface area (TPSA) is 110 Å². The van der Waals surface area contributed by atoms with Crippen molar-refractivity contribution in [1.82, 2.24) is 19.3 Å². The quantitative estimate of drug-likeness (QED) is 0.508. The number of hydrazone groups is 1. The number of hydrogen-bond acceptors (Lipinski definition) is 7. The molecule has 2 aromatic heterocycles. The van der Waals surface area contributed by atoms with E-state index in [0.29, 0.717) is 17.9 Å². The zero-order valence-corrected chi connectivity index (χ0v) is 19.6. The number of carbonyl (C=O) groups excluding carboxylic acids is 1. The molecule has 1 N–H and O–H groups in total. The third kappa shape index (κ3) is 4.89. The molecule has 0 atom stereocenters. The first-order chi connectivity index (χ1) is 15.4. The molecule has 1 amide bonds. The van der Waals surface area contributed by atoms with Crippen molar-refractivity contribution in [3.63, 3.8) is 0 Å². The number of aromatic nitrogens is 2. The van der Waals surface area contributed by atoms with Crippen molar-refractivity contribution in [1.29, 1.82) is 0 Å². The zero-order chi connectivity index (χ0) is 22.7. The molecule has 3 aromatic rings. The van der Waals surface area contributed by atoms with Crippen molar-refractivity contribution in [2.24, 2.45) is 12.1 Å². The molecule has 0 radical (unpaired) electrons. The lowest BCUT2D eigenvalue weighted by atomic mass is 10.1. The number of hydrogen-bond donors (Lipinski definition) is 1. The van der Waals surface area contributed by atoms with E-state index in [2.05, 4.69) is 9.82 Å². The Labute approximate surface area is 190 Å². The summed E-state index contributed by atoms with van der Waals surface area (Å²) in [6.45, 7) is 2.24. The molecule has 1 aliphatic rings. The summed E-state index contributed by atoms with van der Waals surface area (Å²) in [5.74, 6) is 1.95.